The van der Waals surface area contributed by atoms with E-state index in [1.54, 1.807) is 0 Å². The summed E-state index contributed by atoms with van der Waals surface area (Å²) in [6.07, 6.45) is 5.28. The highest BCUT2D eigenvalue weighted by molar-refractivity contribution is 7.51. The summed E-state index contributed by atoms with van der Waals surface area (Å²) in [7, 11) is 1.22. The van der Waals surface area contributed by atoms with E-state index in [1.807, 2.05) is 6.92 Å². The molecule has 2 nitrogen and oxygen atoms in total. The molecule has 2 rings (SSSR count). The van der Waals surface area contributed by atoms with E-state index in [0.29, 0.717) is 6.61 Å². The third-order valence-electron chi connectivity index (χ3n) is 3.11. The van der Waals surface area contributed by atoms with Crippen molar-refractivity contribution in [3.05, 3.63) is 59.0 Å². The Morgan fingerprint density at radius 3 is 2.70 bits per heavy atom. The van der Waals surface area contributed by atoms with Crippen LogP contribution in [0.4, 0.5) is 0 Å². The third-order valence-corrected chi connectivity index (χ3v) is 4.55. The molecule has 1 radical (unpaired) electrons. The van der Waals surface area contributed by atoms with Gasteiger partial charge < -0.3 is 9.05 Å². The average Bonchev–Trinajstić information content (AvgIpc) is 2.48. The molecule has 1 atom stereocenters. The summed E-state index contributed by atoms with van der Waals surface area (Å²) in [6.45, 7) is 4.74. The van der Waals surface area contributed by atoms with Crippen molar-refractivity contribution in [2.45, 2.75) is 33.0 Å². The predicted molar refractivity (Wildman–Crippen MR) is 86.8 cm³/mol. The normalized spacial score (nSPS) is 18.0. The van der Waals surface area contributed by atoms with Crippen LogP contribution in [0.25, 0.3) is 0 Å². The van der Waals surface area contributed by atoms with Gasteiger partial charge in [0.15, 0.2) is 0 Å². The minimum atomic E-state index is -0.889. The van der Waals surface area contributed by atoms with E-state index in [0.717, 1.165) is 25.0 Å². The van der Waals surface area contributed by atoms with Crippen LogP contribution in [0.2, 0.25) is 6.82 Å². The molecule has 0 bridgehead atoms. The van der Waals surface area contributed by atoms with Crippen LogP contribution in [0.15, 0.2) is 53.5 Å². The molecular formula is C16H21BO2P. The van der Waals surface area contributed by atoms with Gasteiger partial charge in [0, 0.05) is 6.42 Å². The largest absolute Gasteiger partial charge is 0.449 e. The summed E-state index contributed by atoms with van der Waals surface area (Å²) >= 11 is 0. The second kappa shape index (κ2) is 8.29. The number of hydrogen-bond donors (Lipinski definition) is 0. The van der Waals surface area contributed by atoms with Crippen molar-refractivity contribution in [2.24, 2.45) is 0 Å². The fourth-order valence-electron chi connectivity index (χ4n) is 2.09. The second-order valence-corrected chi connectivity index (χ2v) is 5.93. The molecule has 0 spiro atoms. The summed E-state index contributed by atoms with van der Waals surface area (Å²) < 4.78 is 11.5. The van der Waals surface area contributed by atoms with Crippen molar-refractivity contribution < 1.29 is 9.05 Å². The van der Waals surface area contributed by atoms with Crippen molar-refractivity contribution in [1.82, 2.24) is 0 Å². The van der Waals surface area contributed by atoms with E-state index < -0.39 is 8.38 Å². The first-order chi connectivity index (χ1) is 9.81. The maximum Gasteiger partial charge on any atom is 0.256 e. The van der Waals surface area contributed by atoms with Crippen LogP contribution in [0.3, 0.4) is 0 Å². The van der Waals surface area contributed by atoms with Gasteiger partial charge in [-0.3, -0.25) is 0 Å². The second-order valence-electron chi connectivity index (χ2n) is 4.66. The summed E-state index contributed by atoms with van der Waals surface area (Å²) in [5.41, 5.74) is 2.60. The van der Waals surface area contributed by atoms with Crippen molar-refractivity contribution in [3.8, 4) is 0 Å². The monoisotopic (exact) mass is 287 g/mol. The van der Waals surface area contributed by atoms with Gasteiger partial charge in [0.25, 0.3) is 8.38 Å². The van der Waals surface area contributed by atoms with Crippen LogP contribution in [-0.2, 0) is 15.5 Å². The standard InChI is InChI=1S/C16H21BO2P/c1-3-18-20-13-15(17-2)12-16(19-20)11-7-10-14-8-5-4-6-9-14/h4-6,8-9,12-13H,3,7,10-11H2,1-2H3. The number of hydrogen-bond acceptors (Lipinski definition) is 2. The van der Waals surface area contributed by atoms with Crippen molar-refractivity contribution in [1.29, 1.82) is 0 Å². The Morgan fingerprint density at radius 2 is 2.00 bits per heavy atom. The number of benzene rings is 1. The smallest absolute Gasteiger partial charge is 0.256 e. The third kappa shape index (κ3) is 4.81. The zero-order chi connectivity index (χ0) is 14.2. The van der Waals surface area contributed by atoms with Crippen molar-refractivity contribution in [2.75, 3.05) is 6.61 Å². The van der Waals surface area contributed by atoms with Crippen LogP contribution >= 0.6 is 8.38 Å². The van der Waals surface area contributed by atoms with Gasteiger partial charge in [-0.25, -0.2) is 0 Å². The van der Waals surface area contributed by atoms with Crippen LogP contribution in [-0.4, -0.2) is 13.9 Å². The molecule has 20 heavy (non-hydrogen) atoms. The first kappa shape index (κ1) is 15.3. The zero-order valence-corrected chi connectivity index (χ0v) is 13.1. The molecule has 0 aliphatic carbocycles. The first-order valence-corrected chi connectivity index (χ1v) is 8.42. The summed E-state index contributed by atoms with van der Waals surface area (Å²) in [5, 5.41) is 0. The number of allylic oxidation sites excluding steroid dienone is 3. The minimum Gasteiger partial charge on any atom is -0.449 e. The quantitative estimate of drug-likeness (QED) is 0.526. The lowest BCUT2D eigenvalue weighted by molar-refractivity contribution is 0.302. The van der Waals surface area contributed by atoms with Gasteiger partial charge in [-0.05, 0) is 37.2 Å². The lowest BCUT2D eigenvalue weighted by Crippen LogP contribution is -2.01. The highest BCUT2D eigenvalue weighted by Gasteiger charge is 2.16. The Kier molecular flexibility index (Phi) is 6.36. The lowest BCUT2D eigenvalue weighted by Gasteiger charge is -2.21. The summed E-state index contributed by atoms with van der Waals surface area (Å²) in [5.74, 6) is 3.13. The SMILES string of the molecule is C[B]C1=CP(OCC)OC(CCCc2ccccc2)=C1. The predicted octanol–water partition coefficient (Wildman–Crippen LogP) is 4.87. The molecule has 105 valence electrons. The van der Waals surface area contributed by atoms with E-state index in [1.165, 1.54) is 11.0 Å². The van der Waals surface area contributed by atoms with Gasteiger partial charge >= 0.3 is 0 Å². The van der Waals surface area contributed by atoms with Crippen LogP contribution < -0.4 is 0 Å². The molecule has 0 N–H and O–H groups in total. The molecule has 0 saturated heterocycles. The summed E-state index contributed by atoms with van der Waals surface area (Å²) in [6, 6.07) is 10.6. The van der Waals surface area contributed by atoms with Gasteiger partial charge in [0.2, 0.25) is 0 Å². The van der Waals surface area contributed by atoms with E-state index in [9.17, 15) is 0 Å². The van der Waals surface area contributed by atoms with Crippen molar-refractivity contribution in [3.63, 3.8) is 0 Å². The Balaban J connectivity index is 1.85. The molecule has 0 saturated carbocycles. The highest BCUT2D eigenvalue weighted by atomic mass is 31.2. The molecule has 1 aliphatic heterocycles. The highest BCUT2D eigenvalue weighted by Crippen LogP contribution is 2.47. The topological polar surface area (TPSA) is 18.5 Å². The molecule has 4 heteroatoms. The van der Waals surface area contributed by atoms with E-state index >= 15 is 0 Å². The van der Waals surface area contributed by atoms with Gasteiger partial charge in [0.05, 0.1) is 6.61 Å². The maximum absolute atomic E-state index is 5.90. The fraction of sp³-hybridized carbons (Fsp3) is 0.375. The molecule has 1 aromatic rings. The minimum absolute atomic E-state index is 0.691. The molecule has 1 aliphatic rings. The van der Waals surface area contributed by atoms with Crippen molar-refractivity contribution >= 4 is 15.7 Å². The van der Waals surface area contributed by atoms with Crippen LogP contribution in [0.1, 0.15) is 25.3 Å². The van der Waals surface area contributed by atoms with E-state index in [2.05, 4.69) is 56.3 Å². The van der Waals surface area contributed by atoms with Crippen LogP contribution in [0.5, 0.6) is 0 Å². The lowest BCUT2D eigenvalue weighted by atomic mass is 9.73. The zero-order valence-electron chi connectivity index (χ0n) is 12.2. The molecule has 0 fully saturated rings. The van der Waals surface area contributed by atoms with Crippen LogP contribution in [0, 0.1) is 0 Å². The molecule has 1 aromatic carbocycles. The molecule has 1 heterocycles. The Hall–Kier alpha value is -1.05. The van der Waals surface area contributed by atoms with E-state index in [-0.39, 0.29) is 0 Å². The molecule has 0 aromatic heterocycles. The van der Waals surface area contributed by atoms with Gasteiger partial charge in [-0.15, -0.1) is 0 Å². The summed E-state index contributed by atoms with van der Waals surface area (Å²) in [4.78, 5) is 0. The molecule has 0 amide bonds. The molecular weight excluding hydrogens is 266 g/mol. The van der Waals surface area contributed by atoms with Gasteiger partial charge in [-0.1, -0.05) is 42.6 Å². The maximum atomic E-state index is 5.90. The van der Waals surface area contributed by atoms with E-state index in [4.69, 9.17) is 9.05 Å². The number of aryl methyl sites for hydroxylation is 1. The van der Waals surface area contributed by atoms with Gasteiger partial charge in [-0.2, -0.15) is 0 Å². The number of rotatable bonds is 7. The fourth-order valence-corrected chi connectivity index (χ4v) is 3.37. The first-order valence-electron chi connectivity index (χ1n) is 7.17. The Labute approximate surface area is 124 Å². The van der Waals surface area contributed by atoms with Gasteiger partial charge in [0.1, 0.15) is 13.0 Å². The average molecular weight is 287 g/mol. The Bertz CT molecular complexity index is 471. The molecule has 1 unspecified atom stereocenters. The Morgan fingerprint density at radius 1 is 1.20 bits per heavy atom.